The van der Waals surface area contributed by atoms with Crippen molar-refractivity contribution in [2.75, 3.05) is 6.54 Å². The fourth-order valence-corrected chi connectivity index (χ4v) is 1.80. The summed E-state index contributed by atoms with van der Waals surface area (Å²) in [5, 5.41) is 11.7. The second-order valence-corrected chi connectivity index (χ2v) is 5.33. The van der Waals surface area contributed by atoms with E-state index in [1.165, 1.54) is 0 Å². The van der Waals surface area contributed by atoms with Crippen LogP contribution in [0.25, 0.3) is 0 Å². The average molecular weight is 328 g/mol. The molecule has 1 fully saturated rings. The molecule has 1 saturated carbocycles. The van der Waals surface area contributed by atoms with Gasteiger partial charge >= 0.3 is 5.97 Å². The second-order valence-electron chi connectivity index (χ2n) is 4.42. The molecular weight excluding hydrogens is 314 g/mol. The van der Waals surface area contributed by atoms with Gasteiger partial charge in [0.2, 0.25) is 12.0 Å². The molecule has 2 rings (SSSR count). The Morgan fingerprint density at radius 3 is 2.53 bits per heavy atom. The zero-order valence-electron chi connectivity index (χ0n) is 10.1. The molecule has 1 aliphatic carbocycles. The quantitative estimate of drug-likeness (QED) is 0.835. The SMILES string of the molecule is O=C(NCC(Oc1ccc(Br)cc1)C(=O)O)C1CC1. The van der Waals surface area contributed by atoms with E-state index in [2.05, 4.69) is 21.2 Å². The highest BCUT2D eigenvalue weighted by Crippen LogP contribution is 2.28. The molecule has 1 unspecified atom stereocenters. The third kappa shape index (κ3) is 4.24. The number of amides is 1. The molecule has 5 nitrogen and oxygen atoms in total. The third-order valence-electron chi connectivity index (χ3n) is 2.78. The molecule has 2 N–H and O–H groups in total. The van der Waals surface area contributed by atoms with Crippen molar-refractivity contribution in [1.29, 1.82) is 0 Å². The summed E-state index contributed by atoms with van der Waals surface area (Å²) in [6, 6.07) is 6.86. The predicted octanol–water partition coefficient (Wildman–Crippen LogP) is 1.81. The van der Waals surface area contributed by atoms with Crippen molar-refractivity contribution in [2.45, 2.75) is 18.9 Å². The van der Waals surface area contributed by atoms with Crippen molar-refractivity contribution < 1.29 is 19.4 Å². The van der Waals surface area contributed by atoms with E-state index in [0.29, 0.717) is 5.75 Å². The third-order valence-corrected chi connectivity index (χ3v) is 3.31. The van der Waals surface area contributed by atoms with Crippen LogP contribution in [0, 0.1) is 5.92 Å². The number of hydrogen-bond donors (Lipinski definition) is 2. The average Bonchev–Trinajstić information content (AvgIpc) is 3.20. The molecule has 19 heavy (non-hydrogen) atoms. The maximum absolute atomic E-state index is 11.5. The first-order valence-corrected chi connectivity index (χ1v) is 6.78. The monoisotopic (exact) mass is 327 g/mol. The number of ether oxygens (including phenoxy) is 1. The molecule has 1 aromatic carbocycles. The molecule has 6 heteroatoms. The lowest BCUT2D eigenvalue weighted by Crippen LogP contribution is -2.40. The summed E-state index contributed by atoms with van der Waals surface area (Å²) in [6.07, 6.45) is 0.692. The molecule has 0 saturated heterocycles. The smallest absolute Gasteiger partial charge is 0.346 e. The lowest BCUT2D eigenvalue weighted by atomic mass is 10.3. The molecule has 0 spiro atoms. The van der Waals surface area contributed by atoms with Gasteiger partial charge in [-0.05, 0) is 37.1 Å². The largest absolute Gasteiger partial charge is 0.478 e. The highest BCUT2D eigenvalue weighted by Gasteiger charge is 2.30. The predicted molar refractivity (Wildman–Crippen MR) is 71.9 cm³/mol. The van der Waals surface area contributed by atoms with Crippen molar-refractivity contribution in [3.8, 4) is 5.75 Å². The van der Waals surface area contributed by atoms with Gasteiger partial charge in [-0.3, -0.25) is 4.79 Å². The Kier molecular flexibility index (Phi) is 4.42. The van der Waals surface area contributed by atoms with E-state index in [4.69, 9.17) is 9.84 Å². The van der Waals surface area contributed by atoms with Gasteiger partial charge in [0.25, 0.3) is 0 Å². The zero-order valence-corrected chi connectivity index (χ0v) is 11.7. The molecule has 1 aromatic rings. The van der Waals surface area contributed by atoms with E-state index in [0.717, 1.165) is 17.3 Å². The van der Waals surface area contributed by atoms with Crippen molar-refractivity contribution in [3.05, 3.63) is 28.7 Å². The molecule has 0 radical (unpaired) electrons. The summed E-state index contributed by atoms with van der Waals surface area (Å²) in [5.41, 5.74) is 0. The van der Waals surface area contributed by atoms with Gasteiger partial charge < -0.3 is 15.2 Å². The molecular formula is C13H14BrNO4. The van der Waals surface area contributed by atoms with Crippen LogP contribution in [0.5, 0.6) is 5.75 Å². The molecule has 102 valence electrons. The van der Waals surface area contributed by atoms with E-state index in [-0.39, 0.29) is 18.4 Å². The summed E-state index contributed by atoms with van der Waals surface area (Å²) in [7, 11) is 0. The number of aliphatic carboxylic acids is 1. The van der Waals surface area contributed by atoms with E-state index in [1.54, 1.807) is 24.3 Å². The lowest BCUT2D eigenvalue weighted by Gasteiger charge is -2.15. The Labute approximate surface area is 119 Å². The minimum Gasteiger partial charge on any atom is -0.478 e. The Morgan fingerprint density at radius 1 is 1.37 bits per heavy atom. The fraction of sp³-hybridized carbons (Fsp3) is 0.385. The van der Waals surface area contributed by atoms with Gasteiger partial charge in [0.15, 0.2) is 0 Å². The molecule has 0 aliphatic heterocycles. The summed E-state index contributed by atoms with van der Waals surface area (Å²) < 4.78 is 6.23. The molecule has 1 aliphatic rings. The van der Waals surface area contributed by atoms with Crippen LogP contribution in [0.15, 0.2) is 28.7 Å². The number of carboxylic acids is 1. The Balaban J connectivity index is 1.89. The van der Waals surface area contributed by atoms with Gasteiger partial charge in [0.1, 0.15) is 5.75 Å². The first-order valence-electron chi connectivity index (χ1n) is 5.99. The number of carbonyl (C=O) groups is 2. The van der Waals surface area contributed by atoms with Crippen LogP contribution in [0.4, 0.5) is 0 Å². The van der Waals surface area contributed by atoms with Gasteiger partial charge in [-0.2, -0.15) is 0 Å². The van der Waals surface area contributed by atoms with Gasteiger partial charge in [-0.25, -0.2) is 4.79 Å². The van der Waals surface area contributed by atoms with Crippen LogP contribution in [0.1, 0.15) is 12.8 Å². The van der Waals surface area contributed by atoms with Crippen LogP contribution >= 0.6 is 15.9 Å². The number of rotatable bonds is 6. The molecule has 1 amide bonds. The molecule has 0 bridgehead atoms. The van der Waals surface area contributed by atoms with E-state index >= 15 is 0 Å². The van der Waals surface area contributed by atoms with E-state index in [9.17, 15) is 9.59 Å². The van der Waals surface area contributed by atoms with Crippen molar-refractivity contribution >= 4 is 27.8 Å². The summed E-state index contributed by atoms with van der Waals surface area (Å²) >= 11 is 3.28. The summed E-state index contributed by atoms with van der Waals surface area (Å²) in [4.78, 5) is 22.5. The highest BCUT2D eigenvalue weighted by atomic mass is 79.9. The maximum atomic E-state index is 11.5. The van der Waals surface area contributed by atoms with E-state index < -0.39 is 12.1 Å². The zero-order chi connectivity index (χ0) is 13.8. The number of hydrogen-bond acceptors (Lipinski definition) is 3. The topological polar surface area (TPSA) is 75.6 Å². The Hall–Kier alpha value is -1.56. The Bertz CT molecular complexity index is 470. The Morgan fingerprint density at radius 2 is 2.00 bits per heavy atom. The standard InChI is InChI=1S/C13H14BrNO4/c14-9-3-5-10(6-4-9)19-11(13(17)18)7-15-12(16)8-1-2-8/h3-6,8,11H,1-2,7H2,(H,15,16)(H,17,18). The van der Waals surface area contributed by atoms with Crippen molar-refractivity contribution in [2.24, 2.45) is 5.92 Å². The number of nitrogens with one attached hydrogen (secondary N) is 1. The van der Waals surface area contributed by atoms with Crippen molar-refractivity contribution in [1.82, 2.24) is 5.32 Å². The first-order chi connectivity index (χ1) is 9.06. The van der Waals surface area contributed by atoms with E-state index in [1.807, 2.05) is 0 Å². The minimum atomic E-state index is -1.10. The van der Waals surface area contributed by atoms with Gasteiger partial charge in [0.05, 0.1) is 6.54 Å². The summed E-state index contributed by atoms with van der Waals surface area (Å²) in [6.45, 7) is -0.0271. The minimum absolute atomic E-state index is 0.0271. The number of carbonyl (C=O) groups excluding carboxylic acids is 1. The summed E-state index contributed by atoms with van der Waals surface area (Å²) in [5.74, 6) is -0.678. The van der Waals surface area contributed by atoms with Crippen LogP contribution < -0.4 is 10.1 Å². The van der Waals surface area contributed by atoms with Crippen LogP contribution in [-0.2, 0) is 9.59 Å². The van der Waals surface area contributed by atoms with Gasteiger partial charge in [-0.1, -0.05) is 15.9 Å². The van der Waals surface area contributed by atoms with Crippen LogP contribution in [0.2, 0.25) is 0 Å². The lowest BCUT2D eigenvalue weighted by molar-refractivity contribution is -0.145. The van der Waals surface area contributed by atoms with Gasteiger partial charge in [0, 0.05) is 10.4 Å². The number of halogens is 1. The number of benzene rings is 1. The van der Waals surface area contributed by atoms with Crippen LogP contribution in [-0.4, -0.2) is 29.6 Å². The maximum Gasteiger partial charge on any atom is 0.346 e. The molecule has 0 heterocycles. The first kappa shape index (κ1) is 13.9. The highest BCUT2D eigenvalue weighted by molar-refractivity contribution is 9.10. The fourth-order valence-electron chi connectivity index (χ4n) is 1.54. The second kappa shape index (κ2) is 6.06. The van der Waals surface area contributed by atoms with Crippen LogP contribution in [0.3, 0.4) is 0 Å². The molecule has 1 atom stereocenters. The van der Waals surface area contributed by atoms with Crippen molar-refractivity contribution in [3.63, 3.8) is 0 Å². The molecule has 0 aromatic heterocycles. The normalized spacial score (nSPS) is 15.6. The van der Waals surface area contributed by atoms with Gasteiger partial charge in [-0.15, -0.1) is 0 Å². The number of carboxylic acid groups (broad SMARTS) is 1.